The third kappa shape index (κ3) is 20.7. The zero-order valence-electron chi connectivity index (χ0n) is 66.9. The summed E-state index contributed by atoms with van der Waals surface area (Å²) in [6.45, 7) is 8.73. The number of hydrogen-bond donors (Lipinski definition) is 0. The number of benzene rings is 13. The number of hydrogen-bond acceptors (Lipinski definition) is 8. The Labute approximate surface area is 792 Å². The summed E-state index contributed by atoms with van der Waals surface area (Å²) in [5, 5.41) is 7.00. The van der Waals surface area contributed by atoms with Gasteiger partial charge in [-0.25, -0.2) is 16.8 Å². The number of sulfone groups is 2. The highest BCUT2D eigenvalue weighted by atomic mass is 79.9. The summed E-state index contributed by atoms with van der Waals surface area (Å²) in [5.74, 6) is 1.33. The smallest absolute Gasteiger partial charge is 0.455 e. The fraction of sp³-hybridized carbons (Fsp3) is 0.0824. The lowest BCUT2D eigenvalue weighted by Crippen LogP contribution is -2.41. The van der Waals surface area contributed by atoms with E-state index in [1.54, 1.807) is 48.5 Å². The molecular formula is C85H90BBr2N3O8P24S2. The van der Waals surface area contributed by atoms with Crippen molar-refractivity contribution in [1.29, 1.82) is 0 Å². The number of halogens is 2. The average molecular weight is 2260 g/mol. The second-order valence-corrected chi connectivity index (χ2v) is 131. The lowest BCUT2D eigenvalue weighted by Gasteiger charge is -2.48. The van der Waals surface area contributed by atoms with Crippen LogP contribution in [0.2, 0.25) is 0 Å². The van der Waals surface area contributed by atoms with Gasteiger partial charge in [-0.15, -0.1) is 116 Å². The molecule has 3 aromatic heterocycles. The topological polar surface area (TPSA) is 120 Å². The fourth-order valence-electron chi connectivity index (χ4n) is 15.2. The summed E-state index contributed by atoms with van der Waals surface area (Å²) in [5.41, 5.74) is 14.3. The van der Waals surface area contributed by atoms with Crippen molar-refractivity contribution in [3.63, 3.8) is 0 Å². The van der Waals surface area contributed by atoms with Gasteiger partial charge in [0.25, 0.3) is 0 Å². The summed E-state index contributed by atoms with van der Waals surface area (Å²) in [4.78, 5) is 0.729. The van der Waals surface area contributed by atoms with Crippen LogP contribution in [0.25, 0.3) is 105 Å². The normalized spacial score (nSPS) is 15.2. The van der Waals surface area contributed by atoms with Gasteiger partial charge in [0.05, 0.1) is 44.3 Å². The highest BCUT2D eigenvalue weighted by molar-refractivity contribution is 9.40. The maximum Gasteiger partial charge on any atom is 0.494 e. The van der Waals surface area contributed by atoms with E-state index >= 15 is 0 Å². The maximum absolute atomic E-state index is 14.0. The molecule has 642 valence electrons. The number of nitrogens with zero attached hydrogens (tertiary/aromatic N) is 3. The standard InChI is InChI=1S/C48H30N2O3S.C24H24BNO2.C12H6Br2O3S.CH4.H26P24/c51-54(52)47-25-21-33(31-19-23-43-39(27-31)37-15-7-9-17-41(37)49(43)35-11-3-1-4-12-35)29-45(47)53-46-30-34(22-26-48(46)54)32-20-24-44-40(28-32)38-16-8-10-18-42(38)50(44)36-13-5-2-6-14-36;1-23(2)24(3,4)28-25(27-23)17-14-15-22-20(16-17)19-12-8-9-13-21(19)26(22)18-10-6-5-7-11-18;13-7-1-3-11-9(5-7)17-10-6-8(14)2-4-12(10)18(11,15)16;;1-14(2)20(13)23(19(11)12)24(21(15(3)4)16(5)6)22(17(7)8)18(9)10/h1-30H;5-16H,1-4H3;1-6H;1H4;1-13H2. The van der Waals surface area contributed by atoms with Gasteiger partial charge < -0.3 is 32.5 Å². The predicted octanol–water partition coefficient (Wildman–Crippen LogP) is 35.7. The number of rotatable bonds is 16. The number of ether oxygens (including phenoxy) is 2. The molecule has 11 nitrogen and oxygen atoms in total. The number of aromatic nitrogens is 3. The van der Waals surface area contributed by atoms with Crippen molar-refractivity contribution < 1.29 is 35.6 Å². The zero-order valence-corrected chi connectivity index (χ0v) is 96.5. The van der Waals surface area contributed by atoms with Crippen LogP contribution in [0.3, 0.4) is 0 Å². The van der Waals surface area contributed by atoms with Crippen molar-refractivity contribution in [1.82, 2.24) is 13.7 Å². The zero-order chi connectivity index (χ0) is 87.8. The molecule has 6 heterocycles. The van der Waals surface area contributed by atoms with E-state index in [2.05, 4.69) is 390 Å². The van der Waals surface area contributed by atoms with Crippen LogP contribution < -0.4 is 14.9 Å². The minimum absolute atomic E-state index is 0. The van der Waals surface area contributed by atoms with Crippen LogP contribution in [-0.4, -0.2) is 48.9 Å². The molecule has 1 saturated heterocycles. The van der Waals surface area contributed by atoms with Crippen LogP contribution >= 0.6 is 225 Å². The third-order valence-electron chi connectivity index (χ3n) is 21.5. The van der Waals surface area contributed by atoms with Crippen LogP contribution in [-0.2, 0) is 29.0 Å². The Morgan fingerprint density at radius 3 is 0.912 bits per heavy atom. The Morgan fingerprint density at radius 1 is 0.296 bits per heavy atom. The molecule has 15 unspecified atom stereocenters. The second kappa shape index (κ2) is 42.2. The van der Waals surface area contributed by atoms with E-state index in [1.807, 2.05) is 42.5 Å². The van der Waals surface area contributed by atoms with Gasteiger partial charge in [0.15, 0.2) is 0 Å². The largest absolute Gasteiger partial charge is 0.494 e. The van der Waals surface area contributed by atoms with E-state index < -0.39 is 19.7 Å². The Bertz CT molecular complexity index is 6670. The van der Waals surface area contributed by atoms with Gasteiger partial charge in [0.1, 0.15) is 42.6 Å². The van der Waals surface area contributed by atoms with Crippen molar-refractivity contribution in [3.05, 3.63) is 300 Å². The molecule has 0 aliphatic carbocycles. The molecule has 15 atom stereocenters. The lowest BCUT2D eigenvalue weighted by molar-refractivity contribution is 0.00578. The van der Waals surface area contributed by atoms with Crippen LogP contribution in [0.4, 0.5) is 0 Å². The van der Waals surface area contributed by atoms with Crippen LogP contribution in [0, 0.1) is 0 Å². The molecule has 0 spiro atoms. The quantitative estimate of drug-likeness (QED) is 0.0693. The summed E-state index contributed by atoms with van der Waals surface area (Å²) in [6.07, 6.45) is 0. The van der Waals surface area contributed by atoms with Crippen molar-refractivity contribution in [2.45, 2.75) is 65.9 Å². The van der Waals surface area contributed by atoms with Gasteiger partial charge in [-0.3, -0.25) is 0 Å². The second-order valence-electron chi connectivity index (χ2n) is 29.8. The lowest BCUT2D eigenvalue weighted by atomic mass is 9.78. The predicted molar refractivity (Wildman–Crippen MR) is 617 cm³/mol. The summed E-state index contributed by atoms with van der Waals surface area (Å²) in [7, 11) is 34.1. The van der Waals surface area contributed by atoms with E-state index in [4.69, 9.17) is 18.8 Å². The van der Waals surface area contributed by atoms with E-state index in [1.165, 1.54) is 21.8 Å². The first kappa shape index (κ1) is 99.5. The van der Waals surface area contributed by atoms with E-state index in [0.29, 0.717) is 23.0 Å². The van der Waals surface area contributed by atoms with Crippen molar-refractivity contribution >= 4 is 322 Å². The van der Waals surface area contributed by atoms with Crippen LogP contribution in [0.5, 0.6) is 23.0 Å². The summed E-state index contributed by atoms with van der Waals surface area (Å²) in [6, 6.07) is 96.6. The minimum Gasteiger partial charge on any atom is -0.455 e. The van der Waals surface area contributed by atoms with Gasteiger partial charge in [-0.05, 0) is 278 Å². The molecule has 0 amide bonds. The van der Waals surface area contributed by atoms with E-state index in [9.17, 15) is 16.8 Å². The monoisotopic (exact) mass is 2260 g/mol. The molecule has 3 aliphatic heterocycles. The molecule has 1 fully saturated rings. The third-order valence-corrected chi connectivity index (χ3v) is 181. The number of fused-ring (bicyclic) bond motifs is 13. The van der Waals surface area contributed by atoms with Gasteiger partial charge in [0.2, 0.25) is 19.7 Å². The molecule has 0 saturated carbocycles. The van der Waals surface area contributed by atoms with Crippen molar-refractivity contribution in [2.75, 3.05) is 0 Å². The van der Waals surface area contributed by atoms with Gasteiger partial charge in [-0.1, -0.05) is 185 Å². The SMILES string of the molecule is C.CC1(C)OB(c2ccc3c(c2)c2ccccc2n3-c2ccccc2)OC1(C)C.O=S1(=O)c2ccc(-c3ccc4c(c3)c3ccccc3n4-c3ccccc3)cc2Oc2cc(-c3ccc4c(c3)c3ccccc3n4-c3ccccc3)ccc21.O=S1(=O)c2ccc(Br)cc2Oc2cc(Br)ccc21.PP(P)P(P)P(P(P)P)P(P(P(P)P)P(P)P)P(P(P)P)P(P)P. The minimum atomic E-state index is -3.81. The average Bonchev–Trinajstić information content (AvgIpc) is 1.71. The molecule has 40 heteroatoms. The van der Waals surface area contributed by atoms with Crippen LogP contribution in [0.15, 0.2) is 320 Å². The first-order valence-corrected chi connectivity index (χ1v) is 85.5. The molecule has 0 radical (unpaired) electrons. The van der Waals surface area contributed by atoms with Crippen molar-refractivity contribution in [3.8, 4) is 62.3 Å². The molecule has 0 bridgehead atoms. The Morgan fingerprint density at radius 2 is 0.576 bits per heavy atom. The fourth-order valence-corrected chi connectivity index (χ4v) is 308. The van der Waals surface area contributed by atoms with Crippen molar-refractivity contribution in [2.24, 2.45) is 0 Å². The molecular weight excluding hydrogens is 2170 g/mol. The van der Waals surface area contributed by atoms with Crippen LogP contribution in [0.1, 0.15) is 35.1 Å². The molecule has 16 aromatic rings. The number of para-hydroxylation sites is 6. The Kier molecular flexibility index (Phi) is 33.6. The highest BCUT2D eigenvalue weighted by Gasteiger charge is 2.52. The summed E-state index contributed by atoms with van der Waals surface area (Å²) >= 11 is 6.60. The molecule has 125 heavy (non-hydrogen) atoms. The molecule has 13 aromatic carbocycles. The Hall–Kier alpha value is 0.0249. The Balaban J connectivity index is 0.000000143. The van der Waals surface area contributed by atoms with Gasteiger partial charge >= 0.3 is 7.12 Å². The highest BCUT2D eigenvalue weighted by Crippen LogP contribution is 3.34. The van der Waals surface area contributed by atoms with Gasteiger partial charge in [-0.2, -0.15) is 0 Å². The molecule has 3 aliphatic rings. The van der Waals surface area contributed by atoms with E-state index in [0.717, 1.165) is 97.3 Å². The summed E-state index contributed by atoms with van der Waals surface area (Å²) < 4.78 is 86.0. The van der Waals surface area contributed by atoms with E-state index in [-0.39, 0.29) is 122 Å². The molecule has 19 rings (SSSR count). The van der Waals surface area contributed by atoms with Gasteiger partial charge in [0, 0.05) is 58.3 Å². The molecule has 0 N–H and O–H groups in total. The first-order valence-electron chi connectivity index (χ1n) is 38.1. The first-order chi connectivity index (χ1) is 59.2. The maximum atomic E-state index is 14.0.